The molecule has 0 bridgehead atoms. The van der Waals surface area contributed by atoms with Crippen LogP contribution in [0.1, 0.15) is 35.6 Å². The Morgan fingerprint density at radius 1 is 1.39 bits per heavy atom. The first kappa shape index (κ1) is 15.3. The summed E-state index contributed by atoms with van der Waals surface area (Å²) >= 11 is 0. The van der Waals surface area contributed by atoms with Crippen LogP contribution in [0.3, 0.4) is 0 Å². The summed E-state index contributed by atoms with van der Waals surface area (Å²) in [6.45, 7) is 0. The molecule has 1 aliphatic rings. The van der Waals surface area contributed by atoms with E-state index in [0.29, 0.717) is 16.8 Å². The highest BCUT2D eigenvalue weighted by atomic mass is 19.1. The molecule has 5 heteroatoms. The summed E-state index contributed by atoms with van der Waals surface area (Å²) in [5, 5.41) is 9.07. The molecule has 0 radical (unpaired) electrons. The first-order chi connectivity index (χ1) is 11.1. The Hall–Kier alpha value is -2.61. The molecule has 1 atom stereocenters. The molecule has 0 spiro atoms. The molecule has 1 heterocycles. The number of hydrogen-bond acceptors (Lipinski definition) is 3. The number of hydrogen-bond donors (Lipinski definition) is 0. The van der Waals surface area contributed by atoms with Gasteiger partial charge in [-0.05, 0) is 42.5 Å². The number of pyridine rings is 1. The molecule has 0 saturated heterocycles. The van der Waals surface area contributed by atoms with Crippen molar-refractivity contribution in [3.05, 3.63) is 58.5 Å². The van der Waals surface area contributed by atoms with Crippen molar-refractivity contribution in [3.8, 4) is 11.8 Å². The summed E-state index contributed by atoms with van der Waals surface area (Å²) in [6.07, 6.45) is 4.51. The Labute approximate surface area is 134 Å². The van der Waals surface area contributed by atoms with Crippen LogP contribution in [0.25, 0.3) is 0 Å². The fourth-order valence-corrected chi connectivity index (χ4v) is 3.09. The number of fused-ring (bicyclic) bond motifs is 1. The zero-order chi connectivity index (χ0) is 16.4. The van der Waals surface area contributed by atoms with Crippen molar-refractivity contribution in [2.45, 2.75) is 25.3 Å². The van der Waals surface area contributed by atoms with Gasteiger partial charge in [0, 0.05) is 19.3 Å². The molecule has 0 N–H and O–H groups in total. The van der Waals surface area contributed by atoms with Crippen molar-refractivity contribution >= 4 is 0 Å². The van der Waals surface area contributed by atoms with Crippen molar-refractivity contribution in [1.82, 2.24) is 4.57 Å². The Kier molecular flexibility index (Phi) is 4.16. The van der Waals surface area contributed by atoms with E-state index in [-0.39, 0.29) is 11.9 Å². The maximum atomic E-state index is 13.4. The lowest BCUT2D eigenvalue weighted by Gasteiger charge is -2.22. The van der Waals surface area contributed by atoms with E-state index >= 15 is 0 Å². The van der Waals surface area contributed by atoms with Crippen molar-refractivity contribution in [3.63, 3.8) is 0 Å². The molecule has 0 amide bonds. The van der Waals surface area contributed by atoms with Gasteiger partial charge in [0.1, 0.15) is 11.9 Å². The summed E-state index contributed by atoms with van der Waals surface area (Å²) in [4.78, 5) is 4.84. The molecular formula is C18H18FN3O. The van der Waals surface area contributed by atoms with Gasteiger partial charge < -0.3 is 9.30 Å². The highest BCUT2D eigenvalue weighted by Crippen LogP contribution is 2.32. The Morgan fingerprint density at radius 3 is 2.96 bits per heavy atom. The van der Waals surface area contributed by atoms with E-state index < -0.39 is 0 Å². The van der Waals surface area contributed by atoms with E-state index in [1.807, 2.05) is 13.1 Å². The number of ether oxygens (including phenoxy) is 1. The van der Waals surface area contributed by atoms with E-state index in [1.54, 1.807) is 30.0 Å². The maximum absolute atomic E-state index is 13.4. The standard InChI is InChI=1S/C18H18FN3O/c1-22-11-12(10-20)8-17(23-2)18(22)21-16-5-3-4-13-9-14(19)6-7-15(13)16/h6-9,11,16H,3-5H2,1-2H3. The normalized spacial score (nSPS) is 17.5. The Morgan fingerprint density at radius 2 is 2.22 bits per heavy atom. The van der Waals surface area contributed by atoms with Gasteiger partial charge in [-0.25, -0.2) is 4.39 Å². The molecule has 118 valence electrons. The van der Waals surface area contributed by atoms with Gasteiger partial charge in [0.25, 0.3) is 0 Å². The topological polar surface area (TPSA) is 50.3 Å². The number of halogens is 1. The lowest BCUT2D eigenvalue weighted by molar-refractivity contribution is 0.399. The number of benzene rings is 1. The summed E-state index contributed by atoms with van der Waals surface area (Å²) in [5.41, 5.74) is 3.31. The van der Waals surface area contributed by atoms with Crippen molar-refractivity contribution in [2.75, 3.05) is 7.11 Å². The Balaban J connectivity index is 2.12. The average molecular weight is 311 g/mol. The molecule has 1 aliphatic carbocycles. The Bertz CT molecular complexity index is 848. The molecule has 0 aliphatic heterocycles. The third kappa shape index (κ3) is 2.98. The smallest absolute Gasteiger partial charge is 0.171 e. The first-order valence-electron chi connectivity index (χ1n) is 7.59. The quantitative estimate of drug-likeness (QED) is 0.856. The lowest BCUT2D eigenvalue weighted by Crippen LogP contribution is -2.22. The van der Waals surface area contributed by atoms with E-state index in [4.69, 9.17) is 15.0 Å². The van der Waals surface area contributed by atoms with Gasteiger partial charge in [0.15, 0.2) is 11.2 Å². The zero-order valence-electron chi connectivity index (χ0n) is 13.2. The monoisotopic (exact) mass is 311 g/mol. The van der Waals surface area contributed by atoms with Crippen LogP contribution in [-0.2, 0) is 13.5 Å². The fraction of sp³-hybridized carbons (Fsp3) is 0.333. The van der Waals surface area contributed by atoms with Crippen LogP contribution in [0.5, 0.6) is 5.75 Å². The van der Waals surface area contributed by atoms with Crippen LogP contribution in [0, 0.1) is 17.1 Å². The predicted molar refractivity (Wildman–Crippen MR) is 84.3 cm³/mol. The molecule has 1 aromatic heterocycles. The molecular weight excluding hydrogens is 293 g/mol. The van der Waals surface area contributed by atoms with Crippen LogP contribution >= 0.6 is 0 Å². The largest absolute Gasteiger partial charge is 0.493 e. The summed E-state index contributed by atoms with van der Waals surface area (Å²) in [6, 6.07) is 8.70. The molecule has 3 rings (SSSR count). The number of rotatable bonds is 2. The number of nitrogens with zero attached hydrogens (tertiary/aromatic N) is 3. The van der Waals surface area contributed by atoms with Gasteiger partial charge >= 0.3 is 0 Å². The van der Waals surface area contributed by atoms with Gasteiger partial charge in [-0.1, -0.05) is 6.07 Å². The maximum Gasteiger partial charge on any atom is 0.171 e. The highest BCUT2D eigenvalue weighted by Gasteiger charge is 2.20. The van der Waals surface area contributed by atoms with Crippen LogP contribution in [-0.4, -0.2) is 11.7 Å². The van der Waals surface area contributed by atoms with Gasteiger partial charge in [0.2, 0.25) is 0 Å². The van der Waals surface area contributed by atoms with Gasteiger partial charge in [-0.2, -0.15) is 5.26 Å². The van der Waals surface area contributed by atoms with Crippen LogP contribution < -0.4 is 10.2 Å². The number of nitriles is 1. The minimum absolute atomic E-state index is 0.0209. The highest BCUT2D eigenvalue weighted by molar-refractivity contribution is 5.35. The predicted octanol–water partition coefficient (Wildman–Crippen LogP) is 3.02. The molecule has 23 heavy (non-hydrogen) atoms. The first-order valence-corrected chi connectivity index (χ1v) is 7.59. The van der Waals surface area contributed by atoms with Crippen molar-refractivity contribution in [2.24, 2.45) is 12.0 Å². The van der Waals surface area contributed by atoms with Crippen molar-refractivity contribution < 1.29 is 9.13 Å². The number of aromatic nitrogens is 1. The van der Waals surface area contributed by atoms with Crippen molar-refractivity contribution in [1.29, 1.82) is 5.26 Å². The van der Waals surface area contributed by atoms with Crippen LogP contribution in [0.15, 0.2) is 35.5 Å². The van der Waals surface area contributed by atoms with Gasteiger partial charge in [0.05, 0.1) is 18.7 Å². The SMILES string of the molecule is COc1cc(C#N)cn(C)c1=NC1CCCc2cc(F)ccc21. The van der Waals surface area contributed by atoms with E-state index in [9.17, 15) is 4.39 Å². The second-order valence-electron chi connectivity index (χ2n) is 5.72. The number of methoxy groups -OCH3 is 1. The van der Waals surface area contributed by atoms with Gasteiger partial charge in [-0.3, -0.25) is 4.99 Å². The molecule has 4 nitrogen and oxygen atoms in total. The second-order valence-corrected chi connectivity index (χ2v) is 5.72. The molecule has 2 aromatic rings. The number of aryl methyl sites for hydroxylation is 2. The molecule has 1 aromatic carbocycles. The molecule has 0 saturated carbocycles. The summed E-state index contributed by atoms with van der Waals surface area (Å²) < 4.78 is 20.6. The fourth-order valence-electron chi connectivity index (χ4n) is 3.09. The van der Waals surface area contributed by atoms with E-state index in [0.717, 1.165) is 30.4 Å². The minimum Gasteiger partial charge on any atom is -0.493 e. The van der Waals surface area contributed by atoms with E-state index in [1.165, 1.54) is 6.07 Å². The zero-order valence-corrected chi connectivity index (χ0v) is 13.2. The van der Waals surface area contributed by atoms with Crippen LogP contribution in [0.4, 0.5) is 4.39 Å². The van der Waals surface area contributed by atoms with Gasteiger partial charge in [-0.15, -0.1) is 0 Å². The average Bonchev–Trinajstić information content (AvgIpc) is 2.56. The molecule has 1 unspecified atom stereocenters. The van der Waals surface area contributed by atoms with Crippen LogP contribution in [0.2, 0.25) is 0 Å². The molecule has 0 fully saturated rings. The summed E-state index contributed by atoms with van der Waals surface area (Å²) in [5.74, 6) is 0.367. The summed E-state index contributed by atoms with van der Waals surface area (Å²) in [7, 11) is 3.41. The second kappa shape index (κ2) is 6.25. The third-order valence-electron chi connectivity index (χ3n) is 4.19. The lowest BCUT2D eigenvalue weighted by atomic mass is 9.88. The third-order valence-corrected chi connectivity index (χ3v) is 4.19. The minimum atomic E-state index is -0.203. The van der Waals surface area contributed by atoms with E-state index in [2.05, 4.69) is 6.07 Å².